The summed E-state index contributed by atoms with van der Waals surface area (Å²) in [5.41, 5.74) is 1.11. The fourth-order valence-corrected chi connectivity index (χ4v) is 3.35. The molecule has 1 aliphatic heterocycles. The van der Waals surface area contributed by atoms with Gasteiger partial charge in [0.2, 0.25) is 11.7 Å². The molecule has 32 heavy (non-hydrogen) atoms. The summed E-state index contributed by atoms with van der Waals surface area (Å²) in [4.78, 5) is 28.7. The maximum Gasteiger partial charge on any atom is 0.379 e. The molecule has 1 aromatic heterocycles. The largest absolute Gasteiger partial charge is 0.490 e. The molecule has 0 radical (unpaired) electrons. The van der Waals surface area contributed by atoms with E-state index in [1.54, 1.807) is 43.3 Å². The molecule has 0 spiro atoms. The van der Waals surface area contributed by atoms with Crippen molar-refractivity contribution in [1.82, 2.24) is 0 Å². The molecule has 0 unspecified atom stereocenters. The number of hydrogen-bond acceptors (Lipinski definition) is 7. The molecule has 0 saturated carbocycles. The van der Waals surface area contributed by atoms with Gasteiger partial charge in [-0.25, -0.2) is 14.6 Å². The molecule has 4 rings (SSSR count). The van der Waals surface area contributed by atoms with Gasteiger partial charge in [0.25, 0.3) is 0 Å². The summed E-state index contributed by atoms with van der Waals surface area (Å²) < 4.78 is 21.2. The molecule has 7 nitrogen and oxygen atoms in total. The highest BCUT2D eigenvalue weighted by Crippen LogP contribution is 2.31. The zero-order valence-electron chi connectivity index (χ0n) is 16.6. The van der Waals surface area contributed by atoms with Crippen LogP contribution in [0.4, 0.5) is 0 Å². The number of rotatable bonds is 6. The lowest BCUT2D eigenvalue weighted by molar-refractivity contribution is -0.129. The second-order valence-corrected chi connectivity index (χ2v) is 7.31. The summed E-state index contributed by atoms with van der Waals surface area (Å²) in [6, 6.07) is 12.7. The number of hydrogen-bond donors (Lipinski definition) is 0. The van der Waals surface area contributed by atoms with Crippen molar-refractivity contribution in [3.63, 3.8) is 0 Å². The zero-order chi connectivity index (χ0) is 22.7. The van der Waals surface area contributed by atoms with E-state index in [-0.39, 0.29) is 23.1 Å². The first-order chi connectivity index (χ1) is 15.4. The summed E-state index contributed by atoms with van der Waals surface area (Å²) in [5, 5.41) is 0.766. The molecule has 0 fully saturated rings. The van der Waals surface area contributed by atoms with Crippen molar-refractivity contribution in [3.05, 3.63) is 87.4 Å². The summed E-state index contributed by atoms with van der Waals surface area (Å²) in [5.74, 6) is -0.612. The number of carbonyl (C=O) groups excluding carboxylic acids is 2. The standard InChI is InChI=1S/C23H15Cl2NO6/c1-2-29-20-11-13(5-8-18(20)31-23(28)19-4-3-9-30-19)10-17-22(27)32-21(26-17)15-7-6-14(24)12-16(15)25/h3-12H,2H2,1H3/b17-10+. The first-order valence-corrected chi connectivity index (χ1v) is 10.2. The number of aliphatic imine (C=N–C) groups is 1. The van der Waals surface area contributed by atoms with Gasteiger partial charge in [-0.05, 0) is 61.0 Å². The van der Waals surface area contributed by atoms with Crippen LogP contribution in [0.1, 0.15) is 28.6 Å². The van der Waals surface area contributed by atoms with Crippen LogP contribution in [-0.2, 0) is 9.53 Å². The van der Waals surface area contributed by atoms with Crippen molar-refractivity contribution in [1.29, 1.82) is 0 Å². The van der Waals surface area contributed by atoms with Crippen molar-refractivity contribution < 1.29 is 28.2 Å². The van der Waals surface area contributed by atoms with E-state index < -0.39 is 11.9 Å². The molecule has 1 aliphatic rings. The first-order valence-electron chi connectivity index (χ1n) is 9.45. The van der Waals surface area contributed by atoms with Gasteiger partial charge < -0.3 is 18.6 Å². The van der Waals surface area contributed by atoms with Gasteiger partial charge in [-0.1, -0.05) is 29.3 Å². The highest BCUT2D eigenvalue weighted by atomic mass is 35.5. The van der Waals surface area contributed by atoms with Gasteiger partial charge >= 0.3 is 11.9 Å². The molecule has 0 bridgehead atoms. The Morgan fingerprint density at radius 3 is 2.69 bits per heavy atom. The smallest absolute Gasteiger partial charge is 0.379 e. The minimum Gasteiger partial charge on any atom is -0.490 e. The van der Waals surface area contributed by atoms with E-state index in [2.05, 4.69) is 4.99 Å². The van der Waals surface area contributed by atoms with Crippen LogP contribution in [0.3, 0.4) is 0 Å². The van der Waals surface area contributed by atoms with Crippen LogP contribution in [0.5, 0.6) is 11.5 Å². The van der Waals surface area contributed by atoms with Crippen molar-refractivity contribution in [2.75, 3.05) is 6.61 Å². The molecule has 2 heterocycles. The molecule has 0 saturated heterocycles. The molecule has 162 valence electrons. The van der Waals surface area contributed by atoms with Gasteiger partial charge in [0, 0.05) is 5.02 Å². The molecular weight excluding hydrogens is 457 g/mol. The van der Waals surface area contributed by atoms with Crippen LogP contribution in [0, 0.1) is 0 Å². The second-order valence-electron chi connectivity index (χ2n) is 6.47. The van der Waals surface area contributed by atoms with Crippen LogP contribution in [-0.4, -0.2) is 24.4 Å². The number of furan rings is 1. The van der Waals surface area contributed by atoms with Crippen molar-refractivity contribution >= 4 is 47.1 Å². The lowest BCUT2D eigenvalue weighted by Gasteiger charge is -2.10. The third kappa shape index (κ3) is 4.69. The van der Waals surface area contributed by atoms with Gasteiger partial charge in [0.1, 0.15) is 0 Å². The molecule has 9 heteroatoms. The average molecular weight is 472 g/mol. The molecule has 0 atom stereocenters. The third-order valence-electron chi connectivity index (χ3n) is 4.28. The highest BCUT2D eigenvalue weighted by Gasteiger charge is 2.26. The molecule has 0 amide bonds. The van der Waals surface area contributed by atoms with Crippen LogP contribution in [0.2, 0.25) is 10.0 Å². The van der Waals surface area contributed by atoms with Crippen LogP contribution >= 0.6 is 23.2 Å². The van der Waals surface area contributed by atoms with E-state index in [0.29, 0.717) is 33.5 Å². The number of nitrogens with zero attached hydrogens (tertiary/aromatic N) is 1. The summed E-state index contributed by atoms with van der Waals surface area (Å²) in [6.07, 6.45) is 2.90. The maximum atomic E-state index is 12.3. The molecule has 0 N–H and O–H groups in total. The van der Waals surface area contributed by atoms with E-state index in [1.165, 1.54) is 24.5 Å². The SMILES string of the molecule is CCOc1cc(/C=C2/N=C(c3ccc(Cl)cc3Cl)OC2=O)ccc1OC(=O)c1ccco1. The first kappa shape index (κ1) is 21.7. The van der Waals surface area contributed by atoms with Gasteiger partial charge in [-0.15, -0.1) is 0 Å². The lowest BCUT2D eigenvalue weighted by Crippen LogP contribution is -2.08. The number of ether oxygens (including phenoxy) is 3. The Hall–Kier alpha value is -3.55. The Bertz CT molecular complexity index is 1250. The Morgan fingerprint density at radius 2 is 1.97 bits per heavy atom. The Balaban J connectivity index is 1.61. The topological polar surface area (TPSA) is 87.3 Å². The second kappa shape index (κ2) is 9.30. The molecule has 2 aromatic carbocycles. The lowest BCUT2D eigenvalue weighted by atomic mass is 10.1. The molecule has 0 aliphatic carbocycles. The van der Waals surface area contributed by atoms with Gasteiger partial charge in [-0.3, -0.25) is 0 Å². The average Bonchev–Trinajstić information content (AvgIpc) is 3.41. The monoisotopic (exact) mass is 471 g/mol. The summed E-state index contributed by atoms with van der Waals surface area (Å²) >= 11 is 12.1. The van der Waals surface area contributed by atoms with E-state index in [4.69, 9.17) is 41.8 Å². The number of carbonyl (C=O) groups is 2. The predicted molar refractivity (Wildman–Crippen MR) is 118 cm³/mol. The van der Waals surface area contributed by atoms with E-state index in [1.807, 2.05) is 0 Å². The highest BCUT2D eigenvalue weighted by molar-refractivity contribution is 6.37. The molecule has 3 aromatic rings. The Kier molecular flexibility index (Phi) is 6.30. The normalized spacial score (nSPS) is 14.3. The maximum absolute atomic E-state index is 12.3. The number of cyclic esters (lactones) is 1. The predicted octanol–water partition coefficient (Wildman–Crippen LogP) is 5.55. The van der Waals surface area contributed by atoms with Crippen molar-refractivity contribution in [2.45, 2.75) is 6.92 Å². The quantitative estimate of drug-likeness (QED) is 0.266. The minimum atomic E-state index is -0.657. The summed E-state index contributed by atoms with van der Waals surface area (Å²) in [6.45, 7) is 2.13. The van der Waals surface area contributed by atoms with E-state index in [9.17, 15) is 9.59 Å². The fourth-order valence-electron chi connectivity index (χ4n) is 2.86. The van der Waals surface area contributed by atoms with Crippen molar-refractivity contribution in [2.24, 2.45) is 4.99 Å². The zero-order valence-corrected chi connectivity index (χ0v) is 18.1. The van der Waals surface area contributed by atoms with Crippen LogP contribution in [0.15, 0.2) is 69.9 Å². The van der Waals surface area contributed by atoms with E-state index >= 15 is 0 Å². The van der Waals surface area contributed by atoms with Crippen LogP contribution < -0.4 is 9.47 Å². The van der Waals surface area contributed by atoms with E-state index in [0.717, 1.165) is 0 Å². The van der Waals surface area contributed by atoms with Gasteiger partial charge in [0.05, 0.1) is 23.5 Å². The summed E-state index contributed by atoms with van der Waals surface area (Å²) in [7, 11) is 0. The van der Waals surface area contributed by atoms with Gasteiger partial charge in [0.15, 0.2) is 17.2 Å². The molecular formula is C23H15Cl2NO6. The van der Waals surface area contributed by atoms with Crippen LogP contribution in [0.25, 0.3) is 6.08 Å². The fraction of sp³-hybridized carbons (Fsp3) is 0.0870. The number of esters is 2. The van der Waals surface area contributed by atoms with Crippen molar-refractivity contribution in [3.8, 4) is 11.5 Å². The number of halogens is 2. The Labute approximate surface area is 192 Å². The third-order valence-corrected chi connectivity index (χ3v) is 4.83. The minimum absolute atomic E-state index is 0.0649. The number of benzene rings is 2. The van der Waals surface area contributed by atoms with Gasteiger partial charge in [-0.2, -0.15) is 0 Å². The Morgan fingerprint density at radius 1 is 1.12 bits per heavy atom.